The molecule has 104 valence electrons. The zero-order chi connectivity index (χ0) is 13.2. The van der Waals surface area contributed by atoms with Crippen molar-refractivity contribution in [1.29, 1.82) is 0 Å². The monoisotopic (exact) mass is 262 g/mol. The number of benzene rings is 1. The first-order valence-electron chi connectivity index (χ1n) is 7.12. The Labute approximate surface area is 114 Å². The molecular weight excluding hydrogens is 240 g/mol. The summed E-state index contributed by atoms with van der Waals surface area (Å²) in [5.74, 6) is 2.38. The number of fused-ring (bicyclic) bond motifs is 1. The van der Waals surface area contributed by atoms with Crippen LogP contribution < -0.4 is 15.2 Å². The molecule has 0 aromatic heterocycles. The number of rotatable bonds is 3. The fourth-order valence-electron chi connectivity index (χ4n) is 3.22. The van der Waals surface area contributed by atoms with Crippen molar-refractivity contribution in [2.45, 2.75) is 25.3 Å². The lowest BCUT2D eigenvalue weighted by Gasteiger charge is -2.23. The molecule has 0 aliphatic carbocycles. The molecule has 2 atom stereocenters. The van der Waals surface area contributed by atoms with Crippen LogP contribution in [0.5, 0.6) is 11.5 Å². The van der Waals surface area contributed by atoms with Crippen molar-refractivity contribution in [3.05, 3.63) is 23.8 Å². The second-order valence-electron chi connectivity index (χ2n) is 5.44. The lowest BCUT2D eigenvalue weighted by Crippen LogP contribution is -2.32. The van der Waals surface area contributed by atoms with Gasteiger partial charge in [-0.15, -0.1) is 0 Å². The van der Waals surface area contributed by atoms with Crippen LogP contribution in [-0.4, -0.2) is 43.8 Å². The van der Waals surface area contributed by atoms with E-state index in [2.05, 4.69) is 24.0 Å². The maximum atomic E-state index is 5.83. The third kappa shape index (κ3) is 2.42. The molecular formula is C15H22N2O2. The van der Waals surface area contributed by atoms with Gasteiger partial charge in [-0.3, -0.25) is 4.90 Å². The van der Waals surface area contributed by atoms with E-state index < -0.39 is 0 Å². The summed E-state index contributed by atoms with van der Waals surface area (Å²) < 4.78 is 11.5. The van der Waals surface area contributed by atoms with Crippen LogP contribution in [0, 0.1) is 0 Å². The van der Waals surface area contributed by atoms with Gasteiger partial charge in [0.2, 0.25) is 0 Å². The molecule has 0 bridgehead atoms. The van der Waals surface area contributed by atoms with Crippen molar-refractivity contribution in [3.8, 4) is 11.5 Å². The first-order chi connectivity index (χ1) is 9.29. The summed E-state index contributed by atoms with van der Waals surface area (Å²) in [5, 5.41) is 0. The molecule has 1 fully saturated rings. The standard InChI is InChI=1S/C15H22N2O2/c1-11-9-12(10-17(11)6-5-16)13-3-2-4-14-15(13)19-8-7-18-14/h2-4,11-12H,5-10,16H2,1H3. The Balaban J connectivity index is 1.83. The van der Waals surface area contributed by atoms with Crippen LogP contribution in [-0.2, 0) is 0 Å². The molecule has 0 spiro atoms. The summed E-state index contributed by atoms with van der Waals surface area (Å²) in [4.78, 5) is 2.47. The molecule has 0 amide bonds. The van der Waals surface area contributed by atoms with Gasteiger partial charge in [0.05, 0.1) is 0 Å². The van der Waals surface area contributed by atoms with Crippen molar-refractivity contribution in [1.82, 2.24) is 4.90 Å². The number of likely N-dealkylation sites (tertiary alicyclic amines) is 1. The van der Waals surface area contributed by atoms with Gasteiger partial charge in [-0.1, -0.05) is 12.1 Å². The molecule has 2 unspecified atom stereocenters. The second-order valence-corrected chi connectivity index (χ2v) is 5.44. The number of ether oxygens (including phenoxy) is 2. The SMILES string of the molecule is CC1CC(c2cccc3c2OCCO3)CN1CCN. The third-order valence-electron chi connectivity index (χ3n) is 4.16. The van der Waals surface area contributed by atoms with E-state index in [0.717, 1.165) is 31.1 Å². The van der Waals surface area contributed by atoms with Gasteiger partial charge < -0.3 is 15.2 Å². The number of hydrogen-bond donors (Lipinski definition) is 1. The van der Waals surface area contributed by atoms with Gasteiger partial charge in [0.25, 0.3) is 0 Å². The predicted octanol–water partition coefficient (Wildman–Crippen LogP) is 1.59. The van der Waals surface area contributed by atoms with Gasteiger partial charge in [0, 0.05) is 37.2 Å². The molecule has 0 radical (unpaired) electrons. The highest BCUT2D eigenvalue weighted by molar-refractivity contribution is 5.49. The number of nitrogens with zero attached hydrogens (tertiary/aromatic N) is 1. The Morgan fingerprint density at radius 2 is 2.16 bits per heavy atom. The Bertz CT molecular complexity index is 450. The molecule has 4 heteroatoms. The normalized spacial score (nSPS) is 26.6. The first kappa shape index (κ1) is 12.8. The van der Waals surface area contributed by atoms with E-state index in [0.29, 0.717) is 25.2 Å². The lowest BCUT2D eigenvalue weighted by molar-refractivity contribution is 0.169. The summed E-state index contributed by atoms with van der Waals surface area (Å²) in [7, 11) is 0. The number of para-hydroxylation sites is 1. The van der Waals surface area contributed by atoms with E-state index in [9.17, 15) is 0 Å². The van der Waals surface area contributed by atoms with Crippen molar-refractivity contribution in [3.63, 3.8) is 0 Å². The van der Waals surface area contributed by atoms with E-state index in [4.69, 9.17) is 15.2 Å². The number of nitrogens with two attached hydrogens (primary N) is 1. The summed E-state index contributed by atoms with van der Waals surface area (Å²) in [5.41, 5.74) is 6.97. The van der Waals surface area contributed by atoms with Crippen LogP contribution in [0.25, 0.3) is 0 Å². The first-order valence-corrected chi connectivity index (χ1v) is 7.12. The van der Waals surface area contributed by atoms with Crippen molar-refractivity contribution >= 4 is 0 Å². The van der Waals surface area contributed by atoms with E-state index in [1.165, 1.54) is 12.0 Å². The van der Waals surface area contributed by atoms with Gasteiger partial charge in [-0.05, 0) is 19.4 Å². The van der Waals surface area contributed by atoms with Gasteiger partial charge >= 0.3 is 0 Å². The zero-order valence-electron chi connectivity index (χ0n) is 11.5. The van der Waals surface area contributed by atoms with E-state index in [1.54, 1.807) is 0 Å². The third-order valence-corrected chi connectivity index (χ3v) is 4.16. The fourth-order valence-corrected chi connectivity index (χ4v) is 3.22. The zero-order valence-corrected chi connectivity index (χ0v) is 11.5. The minimum absolute atomic E-state index is 0.526. The van der Waals surface area contributed by atoms with E-state index in [-0.39, 0.29) is 0 Å². The molecule has 1 aromatic rings. The van der Waals surface area contributed by atoms with Crippen LogP contribution in [0.1, 0.15) is 24.8 Å². The topological polar surface area (TPSA) is 47.7 Å². The van der Waals surface area contributed by atoms with Gasteiger partial charge in [0.15, 0.2) is 11.5 Å². The molecule has 2 heterocycles. The maximum absolute atomic E-state index is 5.83. The largest absolute Gasteiger partial charge is 0.486 e. The average Bonchev–Trinajstić information content (AvgIpc) is 2.80. The Morgan fingerprint density at radius 1 is 1.32 bits per heavy atom. The molecule has 1 saturated heterocycles. The molecule has 3 rings (SSSR count). The van der Waals surface area contributed by atoms with Crippen molar-refractivity contribution < 1.29 is 9.47 Å². The lowest BCUT2D eigenvalue weighted by atomic mass is 9.95. The van der Waals surface area contributed by atoms with Gasteiger partial charge in [0.1, 0.15) is 13.2 Å². The maximum Gasteiger partial charge on any atom is 0.164 e. The molecule has 2 aliphatic rings. The molecule has 1 aromatic carbocycles. The van der Waals surface area contributed by atoms with Gasteiger partial charge in [-0.25, -0.2) is 0 Å². The van der Waals surface area contributed by atoms with Crippen LogP contribution in [0.3, 0.4) is 0 Å². The predicted molar refractivity (Wildman–Crippen MR) is 74.9 cm³/mol. The van der Waals surface area contributed by atoms with Crippen LogP contribution in [0.4, 0.5) is 0 Å². The smallest absolute Gasteiger partial charge is 0.164 e. The quantitative estimate of drug-likeness (QED) is 0.898. The van der Waals surface area contributed by atoms with Gasteiger partial charge in [-0.2, -0.15) is 0 Å². The van der Waals surface area contributed by atoms with Crippen LogP contribution in [0.15, 0.2) is 18.2 Å². The second kappa shape index (κ2) is 5.39. The molecule has 19 heavy (non-hydrogen) atoms. The Hall–Kier alpha value is -1.26. The van der Waals surface area contributed by atoms with E-state index in [1.807, 2.05) is 6.07 Å². The summed E-state index contributed by atoms with van der Waals surface area (Å²) in [6.07, 6.45) is 1.17. The summed E-state index contributed by atoms with van der Waals surface area (Å²) in [6.45, 7) is 6.35. The average molecular weight is 262 g/mol. The van der Waals surface area contributed by atoms with Crippen LogP contribution in [0.2, 0.25) is 0 Å². The highest BCUT2D eigenvalue weighted by atomic mass is 16.6. The highest BCUT2D eigenvalue weighted by Crippen LogP contribution is 2.42. The molecule has 4 nitrogen and oxygen atoms in total. The van der Waals surface area contributed by atoms with Crippen LogP contribution >= 0.6 is 0 Å². The summed E-state index contributed by atoms with van der Waals surface area (Å²) >= 11 is 0. The minimum atomic E-state index is 0.526. The van der Waals surface area contributed by atoms with Crippen molar-refractivity contribution in [2.24, 2.45) is 5.73 Å². The van der Waals surface area contributed by atoms with E-state index >= 15 is 0 Å². The fraction of sp³-hybridized carbons (Fsp3) is 0.600. The van der Waals surface area contributed by atoms with Crippen molar-refractivity contribution in [2.75, 3.05) is 32.8 Å². The number of hydrogen-bond acceptors (Lipinski definition) is 4. The molecule has 0 saturated carbocycles. The molecule has 2 N–H and O–H groups in total. The Kier molecular flexibility index (Phi) is 3.62. The molecule has 2 aliphatic heterocycles. The minimum Gasteiger partial charge on any atom is -0.486 e. The highest BCUT2D eigenvalue weighted by Gasteiger charge is 2.32. The summed E-state index contributed by atoms with van der Waals surface area (Å²) in [6, 6.07) is 6.83. The Morgan fingerprint density at radius 3 is 3.00 bits per heavy atom.